The van der Waals surface area contributed by atoms with Crippen LogP contribution < -0.4 is 11.3 Å². The summed E-state index contributed by atoms with van der Waals surface area (Å²) in [7, 11) is 0. The van der Waals surface area contributed by atoms with Gasteiger partial charge in [-0.25, -0.2) is 4.39 Å². The van der Waals surface area contributed by atoms with E-state index in [1.165, 1.54) is 16.5 Å². The molecule has 5 heteroatoms. The zero-order valence-corrected chi connectivity index (χ0v) is 11.7. The maximum atomic E-state index is 13.1. The molecule has 1 aromatic heterocycles. The Morgan fingerprint density at radius 1 is 1.44 bits per heavy atom. The molecule has 0 saturated carbocycles. The number of hydrogen-bond acceptors (Lipinski definition) is 4. The van der Waals surface area contributed by atoms with Gasteiger partial charge in [0.15, 0.2) is 0 Å². The van der Waals surface area contributed by atoms with Gasteiger partial charge in [-0.05, 0) is 42.1 Å². The number of halogens is 1. The Labute approximate surface area is 114 Å². The summed E-state index contributed by atoms with van der Waals surface area (Å²) in [5, 5.41) is 2.06. The van der Waals surface area contributed by atoms with Crippen LogP contribution in [0.25, 0.3) is 0 Å². The molecule has 0 radical (unpaired) electrons. The van der Waals surface area contributed by atoms with Gasteiger partial charge < -0.3 is 0 Å². The molecule has 3 N–H and O–H groups in total. The molecular formula is C13H15FN2S2. The van der Waals surface area contributed by atoms with E-state index in [2.05, 4.69) is 23.8 Å². The van der Waals surface area contributed by atoms with Gasteiger partial charge in [0.2, 0.25) is 0 Å². The third-order valence-electron chi connectivity index (χ3n) is 2.63. The summed E-state index contributed by atoms with van der Waals surface area (Å²) in [5.41, 5.74) is 4.06. The molecule has 0 bridgehead atoms. The third kappa shape index (κ3) is 3.32. The quantitative estimate of drug-likeness (QED) is 0.501. The first-order chi connectivity index (χ1) is 8.70. The first kappa shape index (κ1) is 13.5. The maximum Gasteiger partial charge on any atom is 0.124 e. The highest BCUT2D eigenvalue weighted by molar-refractivity contribution is 7.99. The smallest absolute Gasteiger partial charge is 0.124 e. The molecule has 96 valence electrons. The number of hydrazine groups is 1. The minimum Gasteiger partial charge on any atom is -0.271 e. The van der Waals surface area contributed by atoms with E-state index >= 15 is 0 Å². The number of hydrogen-bond donors (Lipinski definition) is 2. The third-order valence-corrected chi connectivity index (χ3v) is 4.85. The van der Waals surface area contributed by atoms with Crippen LogP contribution in [-0.4, -0.2) is 5.75 Å². The molecule has 0 amide bonds. The first-order valence-corrected chi connectivity index (χ1v) is 7.45. The summed E-state index contributed by atoms with van der Waals surface area (Å²) in [6, 6.07) is 8.79. The van der Waals surface area contributed by atoms with Crippen LogP contribution in [0.5, 0.6) is 0 Å². The molecule has 0 aliphatic carbocycles. The van der Waals surface area contributed by atoms with Crippen molar-refractivity contribution in [2.75, 3.05) is 5.75 Å². The van der Waals surface area contributed by atoms with Gasteiger partial charge in [-0.1, -0.05) is 6.07 Å². The van der Waals surface area contributed by atoms with Crippen molar-refractivity contribution in [3.63, 3.8) is 0 Å². The van der Waals surface area contributed by atoms with E-state index in [1.54, 1.807) is 35.2 Å². The van der Waals surface area contributed by atoms with Crippen LogP contribution in [0.15, 0.2) is 40.6 Å². The molecule has 1 atom stereocenters. The van der Waals surface area contributed by atoms with Crippen LogP contribution in [0.3, 0.4) is 0 Å². The molecule has 2 nitrogen and oxygen atoms in total. The van der Waals surface area contributed by atoms with E-state index in [9.17, 15) is 4.39 Å². The van der Waals surface area contributed by atoms with Crippen molar-refractivity contribution in [1.29, 1.82) is 0 Å². The monoisotopic (exact) mass is 282 g/mol. The Morgan fingerprint density at radius 2 is 2.28 bits per heavy atom. The van der Waals surface area contributed by atoms with Crippen molar-refractivity contribution in [1.82, 2.24) is 5.43 Å². The molecule has 0 aliphatic rings. The van der Waals surface area contributed by atoms with Crippen LogP contribution in [0.2, 0.25) is 0 Å². The van der Waals surface area contributed by atoms with Crippen molar-refractivity contribution in [2.24, 2.45) is 5.84 Å². The number of thiophene rings is 1. The highest BCUT2D eigenvalue weighted by Gasteiger charge is 2.14. The zero-order valence-electron chi connectivity index (χ0n) is 10.0. The summed E-state index contributed by atoms with van der Waals surface area (Å²) in [6.45, 7) is 2.07. The molecule has 18 heavy (non-hydrogen) atoms. The average Bonchev–Trinajstić information content (AvgIpc) is 2.77. The highest BCUT2D eigenvalue weighted by Crippen LogP contribution is 2.29. The summed E-state index contributed by atoms with van der Waals surface area (Å²) < 4.78 is 13.1. The number of nitrogens with one attached hydrogen (secondary N) is 1. The number of benzene rings is 1. The Bertz CT molecular complexity index is 513. The van der Waals surface area contributed by atoms with Gasteiger partial charge in [0.1, 0.15) is 5.82 Å². The zero-order chi connectivity index (χ0) is 13.0. The van der Waals surface area contributed by atoms with Gasteiger partial charge in [-0.15, -0.1) is 23.1 Å². The molecule has 1 heterocycles. The lowest BCUT2D eigenvalue weighted by Gasteiger charge is -2.15. The molecule has 1 aromatic carbocycles. The average molecular weight is 282 g/mol. The van der Waals surface area contributed by atoms with Crippen molar-refractivity contribution >= 4 is 23.1 Å². The fourth-order valence-corrected chi connectivity index (χ4v) is 3.76. The lowest BCUT2D eigenvalue weighted by atomic mass is 10.2. The van der Waals surface area contributed by atoms with E-state index in [0.29, 0.717) is 0 Å². The van der Waals surface area contributed by atoms with Gasteiger partial charge in [-0.2, -0.15) is 0 Å². The summed E-state index contributed by atoms with van der Waals surface area (Å²) in [5.74, 6) is 6.17. The van der Waals surface area contributed by atoms with Gasteiger partial charge in [0.05, 0.1) is 6.04 Å². The van der Waals surface area contributed by atoms with Gasteiger partial charge in [-0.3, -0.25) is 11.3 Å². The van der Waals surface area contributed by atoms with Crippen LogP contribution in [-0.2, 0) is 0 Å². The molecule has 2 rings (SSSR count). The number of aryl methyl sites for hydroxylation is 1. The van der Waals surface area contributed by atoms with Crippen molar-refractivity contribution in [3.05, 3.63) is 52.0 Å². The van der Waals surface area contributed by atoms with Crippen LogP contribution in [0.4, 0.5) is 4.39 Å². The van der Waals surface area contributed by atoms with Gasteiger partial charge >= 0.3 is 0 Å². The van der Waals surface area contributed by atoms with Crippen LogP contribution in [0.1, 0.15) is 16.5 Å². The molecule has 0 spiro atoms. The number of thioether (sulfide) groups is 1. The Balaban J connectivity index is 2.02. The van der Waals surface area contributed by atoms with E-state index in [1.807, 2.05) is 6.07 Å². The second-order valence-electron chi connectivity index (χ2n) is 3.96. The van der Waals surface area contributed by atoms with Crippen LogP contribution >= 0.6 is 23.1 Å². The molecule has 0 aliphatic heterocycles. The van der Waals surface area contributed by atoms with Crippen molar-refractivity contribution in [2.45, 2.75) is 17.9 Å². The minimum atomic E-state index is -0.204. The summed E-state index contributed by atoms with van der Waals surface area (Å²) in [4.78, 5) is 2.16. The second-order valence-corrected chi connectivity index (χ2v) is 6.00. The molecule has 2 aromatic rings. The first-order valence-electron chi connectivity index (χ1n) is 5.59. The number of nitrogens with two attached hydrogens (primary N) is 1. The predicted octanol–water partition coefficient (Wildman–Crippen LogP) is 3.49. The molecular weight excluding hydrogens is 267 g/mol. The highest BCUT2D eigenvalue weighted by atomic mass is 32.2. The topological polar surface area (TPSA) is 38.0 Å². The SMILES string of the molecule is Cc1ccsc1C(CSc1cccc(F)c1)NN. The predicted molar refractivity (Wildman–Crippen MR) is 76.2 cm³/mol. The van der Waals surface area contributed by atoms with E-state index in [0.717, 1.165) is 10.6 Å². The van der Waals surface area contributed by atoms with E-state index < -0.39 is 0 Å². The molecule has 0 saturated heterocycles. The Morgan fingerprint density at radius 3 is 2.89 bits per heavy atom. The Kier molecular flexibility index (Phi) is 4.77. The lowest BCUT2D eigenvalue weighted by Crippen LogP contribution is -2.29. The summed E-state index contributed by atoms with van der Waals surface area (Å²) >= 11 is 3.29. The van der Waals surface area contributed by atoms with E-state index in [-0.39, 0.29) is 11.9 Å². The fourth-order valence-electron chi connectivity index (χ4n) is 1.68. The minimum absolute atomic E-state index is 0.0956. The number of rotatable bonds is 5. The second kappa shape index (κ2) is 6.33. The molecule has 1 unspecified atom stereocenters. The van der Waals surface area contributed by atoms with Gasteiger partial charge in [0, 0.05) is 15.5 Å². The summed E-state index contributed by atoms with van der Waals surface area (Å²) in [6.07, 6.45) is 0. The largest absolute Gasteiger partial charge is 0.271 e. The lowest BCUT2D eigenvalue weighted by molar-refractivity contribution is 0.616. The normalized spacial score (nSPS) is 12.6. The Hall–Kier alpha value is -0.880. The van der Waals surface area contributed by atoms with Crippen LogP contribution in [0, 0.1) is 12.7 Å². The standard InChI is InChI=1S/C13H15FN2S2/c1-9-5-6-17-13(9)12(16-15)8-18-11-4-2-3-10(14)7-11/h2-7,12,16H,8,15H2,1H3. The van der Waals surface area contributed by atoms with E-state index in [4.69, 9.17) is 5.84 Å². The van der Waals surface area contributed by atoms with Gasteiger partial charge in [0.25, 0.3) is 0 Å². The molecule has 0 fully saturated rings. The maximum absolute atomic E-state index is 13.1. The fraction of sp³-hybridized carbons (Fsp3) is 0.231. The van der Waals surface area contributed by atoms with Crippen molar-refractivity contribution < 1.29 is 4.39 Å². The van der Waals surface area contributed by atoms with Crippen molar-refractivity contribution in [3.8, 4) is 0 Å².